The number of aryl methyl sites for hydroxylation is 1. The van der Waals surface area contributed by atoms with Gasteiger partial charge in [0.05, 0.1) is 12.1 Å². The number of nitriles is 1. The molecule has 2 heterocycles. The van der Waals surface area contributed by atoms with E-state index in [0.29, 0.717) is 12.1 Å². The Kier molecular flexibility index (Phi) is 6.39. The van der Waals surface area contributed by atoms with Crippen LogP contribution in [0.2, 0.25) is 0 Å². The molecule has 1 amide bonds. The van der Waals surface area contributed by atoms with Crippen LogP contribution >= 0.6 is 0 Å². The fourth-order valence-electron chi connectivity index (χ4n) is 3.30. The topological polar surface area (TPSA) is 72.3 Å². The van der Waals surface area contributed by atoms with Crippen molar-refractivity contribution in [3.63, 3.8) is 0 Å². The van der Waals surface area contributed by atoms with E-state index < -0.39 is 0 Å². The van der Waals surface area contributed by atoms with Crippen molar-refractivity contribution in [2.24, 2.45) is 0 Å². The van der Waals surface area contributed by atoms with E-state index in [1.165, 1.54) is 5.56 Å². The molecule has 0 bridgehead atoms. The van der Waals surface area contributed by atoms with Crippen molar-refractivity contribution in [1.82, 2.24) is 9.88 Å². The largest absolute Gasteiger partial charge is 0.354 e. The number of nitrogens with one attached hydrogen (secondary N) is 1. The summed E-state index contributed by atoms with van der Waals surface area (Å²) in [7, 11) is 0. The van der Waals surface area contributed by atoms with Gasteiger partial charge in [-0.2, -0.15) is 5.26 Å². The van der Waals surface area contributed by atoms with Gasteiger partial charge in [-0.1, -0.05) is 19.1 Å². The monoisotopic (exact) mass is 363 g/mol. The number of anilines is 2. The SMILES string of the molecule is CCc1ccc(NC(=O)CN2CCCN(c3ncccc3C#N)CC2)cc1. The van der Waals surface area contributed by atoms with Crippen LogP contribution in [0.3, 0.4) is 0 Å². The van der Waals surface area contributed by atoms with Gasteiger partial charge in [0, 0.05) is 38.1 Å². The van der Waals surface area contributed by atoms with E-state index in [2.05, 4.69) is 33.1 Å². The molecule has 0 aliphatic carbocycles. The first-order chi connectivity index (χ1) is 13.2. The van der Waals surface area contributed by atoms with E-state index in [1.807, 2.05) is 24.3 Å². The van der Waals surface area contributed by atoms with Gasteiger partial charge < -0.3 is 10.2 Å². The number of hydrogen-bond acceptors (Lipinski definition) is 5. The van der Waals surface area contributed by atoms with E-state index in [1.54, 1.807) is 18.3 Å². The summed E-state index contributed by atoms with van der Waals surface area (Å²) in [4.78, 5) is 21.1. The Morgan fingerprint density at radius 2 is 2.00 bits per heavy atom. The lowest BCUT2D eigenvalue weighted by Crippen LogP contribution is -2.36. The van der Waals surface area contributed by atoms with Crippen LogP contribution in [0.4, 0.5) is 11.5 Å². The molecule has 6 heteroatoms. The van der Waals surface area contributed by atoms with Crippen molar-refractivity contribution in [1.29, 1.82) is 5.26 Å². The van der Waals surface area contributed by atoms with Crippen LogP contribution < -0.4 is 10.2 Å². The number of amides is 1. The third-order valence-electron chi connectivity index (χ3n) is 4.81. The fourth-order valence-corrected chi connectivity index (χ4v) is 3.30. The van der Waals surface area contributed by atoms with Crippen molar-refractivity contribution in [3.05, 3.63) is 53.7 Å². The minimum Gasteiger partial charge on any atom is -0.354 e. The first-order valence-corrected chi connectivity index (χ1v) is 9.41. The second-order valence-electron chi connectivity index (χ2n) is 6.70. The number of carbonyl (C=O) groups excluding carboxylic acids is 1. The highest BCUT2D eigenvalue weighted by atomic mass is 16.2. The quantitative estimate of drug-likeness (QED) is 0.884. The first kappa shape index (κ1) is 18.9. The molecule has 0 radical (unpaired) electrons. The van der Waals surface area contributed by atoms with Crippen LogP contribution in [-0.2, 0) is 11.2 Å². The van der Waals surface area contributed by atoms with Crippen LogP contribution in [0.5, 0.6) is 0 Å². The van der Waals surface area contributed by atoms with E-state index in [0.717, 1.165) is 50.5 Å². The molecule has 0 unspecified atom stereocenters. The average Bonchev–Trinajstić information content (AvgIpc) is 2.94. The first-order valence-electron chi connectivity index (χ1n) is 9.41. The number of rotatable bonds is 5. The molecule has 2 aromatic rings. The predicted octanol–water partition coefficient (Wildman–Crippen LogP) is 2.67. The Bertz CT molecular complexity index is 812. The summed E-state index contributed by atoms with van der Waals surface area (Å²) < 4.78 is 0. The lowest BCUT2D eigenvalue weighted by molar-refractivity contribution is -0.117. The van der Waals surface area contributed by atoms with Gasteiger partial charge in [-0.15, -0.1) is 0 Å². The number of carbonyl (C=O) groups is 1. The van der Waals surface area contributed by atoms with Crippen LogP contribution in [0.1, 0.15) is 24.5 Å². The molecule has 1 N–H and O–H groups in total. The number of benzene rings is 1. The van der Waals surface area contributed by atoms with Gasteiger partial charge in [0.2, 0.25) is 5.91 Å². The molecule has 0 saturated carbocycles. The molecule has 27 heavy (non-hydrogen) atoms. The van der Waals surface area contributed by atoms with E-state index in [9.17, 15) is 10.1 Å². The molecule has 1 saturated heterocycles. The van der Waals surface area contributed by atoms with Crippen molar-refractivity contribution in [3.8, 4) is 6.07 Å². The maximum atomic E-state index is 12.4. The summed E-state index contributed by atoms with van der Waals surface area (Å²) in [6.45, 7) is 5.70. The second-order valence-corrected chi connectivity index (χ2v) is 6.70. The smallest absolute Gasteiger partial charge is 0.238 e. The summed E-state index contributed by atoms with van der Waals surface area (Å²) in [6, 6.07) is 13.8. The molecule has 1 fully saturated rings. The molecule has 1 aromatic heterocycles. The molecule has 1 aliphatic rings. The van der Waals surface area contributed by atoms with E-state index in [4.69, 9.17) is 0 Å². The molecule has 140 valence electrons. The highest BCUT2D eigenvalue weighted by molar-refractivity contribution is 5.92. The molecule has 6 nitrogen and oxygen atoms in total. The van der Waals surface area contributed by atoms with E-state index in [-0.39, 0.29) is 5.91 Å². The zero-order chi connectivity index (χ0) is 19.1. The second kappa shape index (κ2) is 9.15. The standard InChI is InChI=1S/C21H25N5O/c1-2-17-6-8-19(9-7-17)24-20(27)16-25-11-4-12-26(14-13-25)21-18(15-22)5-3-10-23-21/h3,5-10H,2,4,11-14,16H2,1H3,(H,24,27). The zero-order valence-electron chi connectivity index (χ0n) is 15.7. The van der Waals surface area contributed by atoms with Gasteiger partial charge in [0.25, 0.3) is 0 Å². The van der Waals surface area contributed by atoms with Crippen molar-refractivity contribution < 1.29 is 4.79 Å². The fraction of sp³-hybridized carbons (Fsp3) is 0.381. The van der Waals surface area contributed by atoms with Crippen molar-refractivity contribution in [2.75, 3.05) is 42.9 Å². The number of pyridine rings is 1. The normalized spacial score (nSPS) is 15.0. The van der Waals surface area contributed by atoms with Crippen molar-refractivity contribution >= 4 is 17.4 Å². The predicted molar refractivity (Wildman–Crippen MR) is 107 cm³/mol. The number of hydrogen-bond donors (Lipinski definition) is 1. The van der Waals surface area contributed by atoms with Gasteiger partial charge in [-0.25, -0.2) is 4.98 Å². The molecule has 1 aromatic carbocycles. The Labute approximate surface area is 160 Å². The summed E-state index contributed by atoms with van der Waals surface area (Å²) in [6.07, 6.45) is 3.64. The zero-order valence-corrected chi connectivity index (χ0v) is 15.7. The van der Waals surface area contributed by atoms with Gasteiger partial charge in [0.15, 0.2) is 0 Å². The maximum absolute atomic E-state index is 12.4. The van der Waals surface area contributed by atoms with Crippen LogP contribution in [-0.4, -0.2) is 48.5 Å². The summed E-state index contributed by atoms with van der Waals surface area (Å²) in [5.74, 6) is 0.741. The molecular formula is C21H25N5O. The third kappa shape index (κ3) is 5.05. The lowest BCUT2D eigenvalue weighted by Gasteiger charge is -2.23. The minimum atomic E-state index is 0.00301. The molecule has 3 rings (SSSR count). The van der Waals surface area contributed by atoms with Gasteiger partial charge in [-0.3, -0.25) is 9.69 Å². The van der Waals surface area contributed by atoms with Crippen LogP contribution in [0.15, 0.2) is 42.6 Å². The molecule has 0 atom stereocenters. The summed E-state index contributed by atoms with van der Waals surface area (Å²) in [5.41, 5.74) is 2.69. The molecule has 1 aliphatic heterocycles. The van der Waals surface area contributed by atoms with Gasteiger partial charge in [0.1, 0.15) is 11.9 Å². The van der Waals surface area contributed by atoms with Gasteiger partial charge >= 0.3 is 0 Å². The Balaban J connectivity index is 1.54. The maximum Gasteiger partial charge on any atom is 0.238 e. The van der Waals surface area contributed by atoms with Crippen LogP contribution in [0.25, 0.3) is 0 Å². The van der Waals surface area contributed by atoms with E-state index >= 15 is 0 Å². The van der Waals surface area contributed by atoms with Crippen LogP contribution in [0, 0.1) is 11.3 Å². The molecular weight excluding hydrogens is 338 g/mol. The number of nitrogens with zero attached hydrogens (tertiary/aromatic N) is 4. The molecule has 0 spiro atoms. The summed E-state index contributed by atoms with van der Waals surface area (Å²) in [5, 5.41) is 12.3. The lowest BCUT2D eigenvalue weighted by atomic mass is 10.1. The highest BCUT2D eigenvalue weighted by Gasteiger charge is 2.19. The Hall–Kier alpha value is -2.91. The number of aromatic nitrogens is 1. The third-order valence-corrected chi connectivity index (χ3v) is 4.81. The average molecular weight is 363 g/mol. The van der Waals surface area contributed by atoms with Gasteiger partial charge in [-0.05, 0) is 42.7 Å². The minimum absolute atomic E-state index is 0.00301. The Morgan fingerprint density at radius 1 is 1.19 bits per heavy atom. The summed E-state index contributed by atoms with van der Waals surface area (Å²) >= 11 is 0. The van der Waals surface area contributed by atoms with Crippen molar-refractivity contribution in [2.45, 2.75) is 19.8 Å². The highest BCUT2D eigenvalue weighted by Crippen LogP contribution is 2.18. The Morgan fingerprint density at radius 3 is 2.74 bits per heavy atom.